The number of hydrogen-bond donors (Lipinski definition) is 1. The lowest BCUT2D eigenvalue weighted by molar-refractivity contribution is -0.138. The number of aryl methyl sites for hydroxylation is 1. The van der Waals surface area contributed by atoms with Crippen LogP contribution < -0.4 is 5.56 Å². The zero-order valence-corrected chi connectivity index (χ0v) is 18.1. The molecule has 0 saturated carbocycles. The van der Waals surface area contributed by atoms with Gasteiger partial charge in [0.1, 0.15) is 17.7 Å². The summed E-state index contributed by atoms with van der Waals surface area (Å²) in [5.41, 5.74) is 0.947. The molecule has 2 saturated heterocycles. The number of aromatic amines is 1. The molecular formula is C21H28N6O2S. The van der Waals surface area contributed by atoms with E-state index < -0.39 is 6.04 Å². The van der Waals surface area contributed by atoms with Gasteiger partial charge < -0.3 is 4.90 Å². The predicted octanol–water partition coefficient (Wildman–Crippen LogP) is 1.26. The molecule has 2 aromatic rings. The summed E-state index contributed by atoms with van der Waals surface area (Å²) in [6.07, 6.45) is 1.76. The lowest BCUT2D eigenvalue weighted by Crippen LogP contribution is -2.54. The molecule has 8 nitrogen and oxygen atoms in total. The number of rotatable bonds is 4. The van der Waals surface area contributed by atoms with Crippen molar-refractivity contribution < 1.29 is 4.79 Å². The van der Waals surface area contributed by atoms with Gasteiger partial charge in [0.2, 0.25) is 5.91 Å². The number of piperidine rings is 1. The Morgan fingerprint density at radius 2 is 2.10 bits per heavy atom. The third-order valence-corrected chi connectivity index (χ3v) is 7.51. The molecule has 3 atom stereocenters. The second kappa shape index (κ2) is 8.19. The number of carbonyl (C=O) groups excluding carboxylic acids is 1. The highest BCUT2D eigenvalue weighted by atomic mass is 32.2. The summed E-state index contributed by atoms with van der Waals surface area (Å²) in [5.74, 6) is 4.14. The number of nitrogens with zero attached hydrogens (tertiary/aromatic N) is 5. The van der Waals surface area contributed by atoms with Crippen molar-refractivity contribution in [2.24, 2.45) is 5.92 Å². The summed E-state index contributed by atoms with van der Waals surface area (Å²) in [5, 5.41) is 7.30. The van der Waals surface area contributed by atoms with Gasteiger partial charge in [-0.1, -0.05) is 13.0 Å². The van der Waals surface area contributed by atoms with E-state index in [0.717, 1.165) is 67.9 Å². The molecule has 3 aliphatic rings. The van der Waals surface area contributed by atoms with E-state index >= 15 is 0 Å². The van der Waals surface area contributed by atoms with Crippen LogP contribution in [0.2, 0.25) is 0 Å². The minimum absolute atomic E-state index is 0.0526. The first kappa shape index (κ1) is 19.8. The summed E-state index contributed by atoms with van der Waals surface area (Å²) >= 11 is 1.89. The molecule has 30 heavy (non-hydrogen) atoms. The lowest BCUT2D eigenvalue weighted by atomic mass is 9.78. The Morgan fingerprint density at radius 1 is 1.27 bits per heavy atom. The van der Waals surface area contributed by atoms with E-state index in [-0.39, 0.29) is 23.3 Å². The van der Waals surface area contributed by atoms with Crippen molar-refractivity contribution in [3.05, 3.63) is 45.9 Å². The molecule has 0 unspecified atom stereocenters. The molecule has 160 valence electrons. The van der Waals surface area contributed by atoms with Crippen LogP contribution in [0.1, 0.15) is 42.6 Å². The van der Waals surface area contributed by atoms with E-state index in [1.807, 2.05) is 40.3 Å². The maximum absolute atomic E-state index is 13.6. The van der Waals surface area contributed by atoms with E-state index in [2.05, 4.69) is 20.1 Å². The highest BCUT2D eigenvalue weighted by Gasteiger charge is 2.45. The molecule has 0 radical (unpaired) electrons. The topological polar surface area (TPSA) is 87.1 Å². The first-order chi connectivity index (χ1) is 14.6. The Balaban J connectivity index is 1.45. The van der Waals surface area contributed by atoms with Crippen LogP contribution in [-0.4, -0.2) is 73.1 Å². The number of fused-ring (bicyclic) bond motifs is 4. The standard InChI is InChI=1S/C21H28N6O2S/c1-2-17-22-18(24-23-17)13-25-11-14-10-15(12-25)20(21(29)26-6-8-30-9-7-26)27-16(14)4-3-5-19(27)28/h3-5,14-15,20H,2,6-13H2,1H3,(H,22,23,24)/t14-,15+,20+/m0/s1. The molecule has 2 bridgehead atoms. The molecule has 9 heteroatoms. The number of aromatic nitrogens is 4. The zero-order valence-electron chi connectivity index (χ0n) is 17.3. The van der Waals surface area contributed by atoms with Gasteiger partial charge in [0, 0.05) is 67.7 Å². The fraction of sp³-hybridized carbons (Fsp3) is 0.619. The predicted molar refractivity (Wildman–Crippen MR) is 116 cm³/mol. The molecule has 3 aliphatic heterocycles. The first-order valence-electron chi connectivity index (χ1n) is 10.8. The first-order valence-corrected chi connectivity index (χ1v) is 12.0. The fourth-order valence-electron chi connectivity index (χ4n) is 5.22. The van der Waals surface area contributed by atoms with Crippen molar-refractivity contribution in [1.29, 1.82) is 0 Å². The Hall–Kier alpha value is -2.13. The summed E-state index contributed by atoms with van der Waals surface area (Å²) in [7, 11) is 0. The van der Waals surface area contributed by atoms with Crippen LogP contribution in [-0.2, 0) is 17.8 Å². The van der Waals surface area contributed by atoms with Crippen molar-refractivity contribution in [3.63, 3.8) is 0 Å². The summed E-state index contributed by atoms with van der Waals surface area (Å²) in [6.45, 7) is 5.94. The number of thioether (sulfide) groups is 1. The van der Waals surface area contributed by atoms with Gasteiger partial charge >= 0.3 is 0 Å². The Bertz CT molecular complexity index is 982. The quantitative estimate of drug-likeness (QED) is 0.789. The van der Waals surface area contributed by atoms with Crippen LogP contribution in [0.5, 0.6) is 0 Å². The number of carbonyl (C=O) groups is 1. The van der Waals surface area contributed by atoms with Crippen molar-refractivity contribution in [1.82, 2.24) is 29.5 Å². The SMILES string of the molecule is CCc1n[nH]c(CN2C[C@@H]3C[C@H](C2)[C@H](C(=O)N2CCSCC2)n2c3cccc2=O)n1. The van der Waals surface area contributed by atoms with Crippen LogP contribution in [0.4, 0.5) is 0 Å². The van der Waals surface area contributed by atoms with Gasteiger partial charge in [-0.05, 0) is 12.5 Å². The van der Waals surface area contributed by atoms with Crippen LogP contribution >= 0.6 is 11.8 Å². The minimum atomic E-state index is -0.406. The smallest absolute Gasteiger partial charge is 0.251 e. The zero-order chi connectivity index (χ0) is 20.7. The van der Waals surface area contributed by atoms with Crippen molar-refractivity contribution in [2.75, 3.05) is 37.7 Å². The summed E-state index contributed by atoms with van der Waals surface area (Å²) in [6, 6.07) is 5.05. The molecule has 0 spiro atoms. The van der Waals surface area contributed by atoms with Gasteiger partial charge in [0.15, 0.2) is 0 Å². The van der Waals surface area contributed by atoms with Gasteiger partial charge in [0.05, 0.1) is 6.54 Å². The number of likely N-dealkylation sites (tertiary alicyclic amines) is 1. The van der Waals surface area contributed by atoms with Crippen LogP contribution in [0, 0.1) is 5.92 Å². The number of amides is 1. The summed E-state index contributed by atoms with van der Waals surface area (Å²) in [4.78, 5) is 35.3. The number of pyridine rings is 1. The van der Waals surface area contributed by atoms with Gasteiger partial charge in [0.25, 0.3) is 5.56 Å². The molecule has 1 amide bonds. The maximum Gasteiger partial charge on any atom is 0.251 e. The highest BCUT2D eigenvalue weighted by molar-refractivity contribution is 7.99. The molecule has 2 fully saturated rings. The van der Waals surface area contributed by atoms with Gasteiger partial charge in [-0.3, -0.25) is 24.2 Å². The maximum atomic E-state index is 13.6. The number of H-pyrrole nitrogens is 1. The molecule has 5 rings (SSSR count). The number of hydrogen-bond acceptors (Lipinski definition) is 6. The third-order valence-electron chi connectivity index (χ3n) is 6.57. The fourth-order valence-corrected chi connectivity index (χ4v) is 6.12. The molecule has 0 aliphatic carbocycles. The van der Waals surface area contributed by atoms with E-state index in [9.17, 15) is 9.59 Å². The van der Waals surface area contributed by atoms with Crippen LogP contribution in [0.25, 0.3) is 0 Å². The highest BCUT2D eigenvalue weighted by Crippen LogP contribution is 2.42. The summed E-state index contributed by atoms with van der Waals surface area (Å²) < 4.78 is 1.81. The van der Waals surface area contributed by atoms with E-state index in [4.69, 9.17) is 0 Å². The van der Waals surface area contributed by atoms with Crippen molar-refractivity contribution in [2.45, 2.75) is 38.3 Å². The average Bonchev–Trinajstić information content (AvgIpc) is 3.22. The van der Waals surface area contributed by atoms with Gasteiger partial charge in [-0.15, -0.1) is 0 Å². The van der Waals surface area contributed by atoms with E-state index in [1.165, 1.54) is 0 Å². The van der Waals surface area contributed by atoms with Gasteiger partial charge in [-0.2, -0.15) is 16.9 Å². The second-order valence-electron chi connectivity index (χ2n) is 8.48. The Morgan fingerprint density at radius 3 is 2.87 bits per heavy atom. The molecular weight excluding hydrogens is 400 g/mol. The average molecular weight is 429 g/mol. The lowest BCUT2D eigenvalue weighted by Gasteiger charge is -2.47. The largest absolute Gasteiger partial charge is 0.339 e. The Kier molecular flexibility index (Phi) is 5.41. The minimum Gasteiger partial charge on any atom is -0.339 e. The van der Waals surface area contributed by atoms with E-state index in [0.29, 0.717) is 6.54 Å². The van der Waals surface area contributed by atoms with Crippen molar-refractivity contribution >= 4 is 17.7 Å². The molecule has 1 N–H and O–H groups in total. The van der Waals surface area contributed by atoms with Crippen LogP contribution in [0.15, 0.2) is 23.0 Å². The van der Waals surface area contributed by atoms with Gasteiger partial charge in [-0.25, -0.2) is 4.98 Å². The third kappa shape index (κ3) is 3.58. The molecule has 5 heterocycles. The normalized spacial score (nSPS) is 26.4. The van der Waals surface area contributed by atoms with Crippen molar-refractivity contribution in [3.8, 4) is 0 Å². The number of nitrogens with one attached hydrogen (secondary N) is 1. The Labute approximate surface area is 180 Å². The second-order valence-corrected chi connectivity index (χ2v) is 9.70. The molecule has 0 aromatic carbocycles. The molecule has 2 aromatic heterocycles. The van der Waals surface area contributed by atoms with E-state index in [1.54, 1.807) is 6.07 Å². The van der Waals surface area contributed by atoms with Crippen LogP contribution in [0.3, 0.4) is 0 Å². The monoisotopic (exact) mass is 428 g/mol.